The monoisotopic (exact) mass is 232 g/mol. The Kier molecular flexibility index (Phi) is 1.90. The van der Waals surface area contributed by atoms with Gasteiger partial charge in [-0.1, -0.05) is 0 Å². The van der Waals surface area contributed by atoms with Gasteiger partial charge in [-0.05, 0) is 13.0 Å². The van der Waals surface area contributed by atoms with E-state index >= 15 is 0 Å². The van der Waals surface area contributed by atoms with E-state index in [9.17, 15) is 4.79 Å². The largest absolute Gasteiger partial charge is 0.296 e. The van der Waals surface area contributed by atoms with Crippen molar-refractivity contribution in [2.75, 3.05) is 0 Å². The number of thiazole rings is 1. The van der Waals surface area contributed by atoms with Crippen LogP contribution < -0.4 is 0 Å². The van der Waals surface area contributed by atoms with Gasteiger partial charge in [0, 0.05) is 11.6 Å². The highest BCUT2D eigenvalue weighted by atomic mass is 32.1. The Bertz CT molecular complexity index is 650. The fraction of sp³-hybridized carbons (Fsp3) is 0.100. The molecule has 0 atom stereocenters. The number of aldehydes is 1. The third-order valence-corrected chi connectivity index (χ3v) is 3.30. The zero-order valence-electron chi connectivity index (χ0n) is 8.47. The molecule has 0 bridgehead atoms. The van der Waals surface area contributed by atoms with Gasteiger partial charge in [0.2, 0.25) is 0 Å². The molecule has 5 nitrogen and oxygen atoms in total. The highest BCUT2D eigenvalue weighted by Gasteiger charge is 2.14. The molecule has 0 aliphatic heterocycles. The first-order chi connectivity index (χ1) is 7.81. The minimum Gasteiger partial charge on any atom is -0.296 e. The number of hydrogen-bond donors (Lipinski definition) is 1. The highest BCUT2D eigenvalue weighted by molar-refractivity contribution is 7.15. The number of fused-ring (bicyclic) bond motifs is 1. The minimum atomic E-state index is 0.598. The Labute approximate surface area is 94.8 Å². The summed E-state index contributed by atoms with van der Waals surface area (Å²) in [5.74, 6) is 0. The molecule has 16 heavy (non-hydrogen) atoms. The van der Waals surface area contributed by atoms with Crippen molar-refractivity contribution in [1.82, 2.24) is 19.6 Å². The van der Waals surface area contributed by atoms with Gasteiger partial charge < -0.3 is 0 Å². The average Bonchev–Trinajstić information content (AvgIpc) is 2.91. The number of H-pyrrole nitrogens is 1. The molecule has 0 radical (unpaired) electrons. The summed E-state index contributed by atoms with van der Waals surface area (Å²) in [6.07, 6.45) is 2.52. The number of aromatic amines is 1. The Hall–Kier alpha value is -1.95. The highest BCUT2D eigenvalue weighted by Crippen LogP contribution is 2.26. The van der Waals surface area contributed by atoms with E-state index in [1.807, 2.05) is 22.8 Å². The summed E-state index contributed by atoms with van der Waals surface area (Å²) in [7, 11) is 0. The van der Waals surface area contributed by atoms with Crippen LogP contribution in [0.5, 0.6) is 0 Å². The van der Waals surface area contributed by atoms with Crippen LogP contribution in [0.15, 0.2) is 17.6 Å². The molecule has 0 aromatic carbocycles. The Morgan fingerprint density at radius 1 is 1.56 bits per heavy atom. The predicted molar refractivity (Wildman–Crippen MR) is 60.8 cm³/mol. The van der Waals surface area contributed by atoms with E-state index in [-0.39, 0.29) is 0 Å². The molecule has 0 aliphatic carbocycles. The molecule has 80 valence electrons. The molecule has 0 aliphatic rings. The predicted octanol–water partition coefficient (Wildman–Crippen LogP) is 1.91. The van der Waals surface area contributed by atoms with Crippen LogP contribution in [0.4, 0.5) is 0 Å². The molecule has 3 rings (SSSR count). The van der Waals surface area contributed by atoms with E-state index in [0.717, 1.165) is 28.3 Å². The second kappa shape index (κ2) is 3.28. The summed E-state index contributed by atoms with van der Waals surface area (Å²) in [5, 5.41) is 8.75. The number of rotatable bonds is 2. The number of hydrogen-bond acceptors (Lipinski definition) is 4. The van der Waals surface area contributed by atoms with Gasteiger partial charge in [-0.2, -0.15) is 5.10 Å². The third kappa shape index (κ3) is 1.13. The van der Waals surface area contributed by atoms with Crippen molar-refractivity contribution in [3.63, 3.8) is 0 Å². The topological polar surface area (TPSA) is 63.1 Å². The number of nitrogens with zero attached hydrogens (tertiary/aromatic N) is 3. The zero-order valence-corrected chi connectivity index (χ0v) is 9.28. The summed E-state index contributed by atoms with van der Waals surface area (Å²) in [4.78, 5) is 16.2. The van der Waals surface area contributed by atoms with Gasteiger partial charge in [0.15, 0.2) is 11.2 Å². The summed E-state index contributed by atoms with van der Waals surface area (Å²) >= 11 is 1.51. The maximum Gasteiger partial charge on any atom is 0.195 e. The van der Waals surface area contributed by atoms with E-state index in [1.54, 1.807) is 6.20 Å². The van der Waals surface area contributed by atoms with Crippen molar-refractivity contribution >= 4 is 22.6 Å². The van der Waals surface area contributed by atoms with Crippen LogP contribution in [0.1, 0.15) is 16.2 Å². The molecule has 3 aromatic heterocycles. The van der Waals surface area contributed by atoms with E-state index in [4.69, 9.17) is 0 Å². The zero-order chi connectivity index (χ0) is 11.1. The molecule has 0 spiro atoms. The molecule has 6 heteroatoms. The summed E-state index contributed by atoms with van der Waals surface area (Å²) in [6, 6.07) is 1.87. The third-order valence-electron chi connectivity index (χ3n) is 2.47. The van der Waals surface area contributed by atoms with Crippen molar-refractivity contribution in [2.24, 2.45) is 0 Å². The fourth-order valence-corrected chi connectivity index (χ4v) is 2.65. The Morgan fingerprint density at radius 3 is 3.12 bits per heavy atom. The van der Waals surface area contributed by atoms with Gasteiger partial charge in [-0.25, -0.2) is 4.98 Å². The molecule has 1 N–H and O–H groups in total. The SMILES string of the molecule is Cc1nc2scc(-c3ccn[nH]3)n2c1C=O. The number of aryl methyl sites for hydroxylation is 1. The molecule has 3 aromatic rings. The molecule has 0 saturated carbocycles. The fourth-order valence-electron chi connectivity index (χ4n) is 1.71. The second-order valence-electron chi connectivity index (χ2n) is 3.41. The quantitative estimate of drug-likeness (QED) is 0.686. The van der Waals surface area contributed by atoms with E-state index in [0.29, 0.717) is 5.69 Å². The lowest BCUT2D eigenvalue weighted by Gasteiger charge is -1.96. The van der Waals surface area contributed by atoms with Crippen LogP contribution in [0, 0.1) is 6.92 Å². The Balaban J connectivity index is 2.38. The lowest BCUT2D eigenvalue weighted by Crippen LogP contribution is -1.93. The van der Waals surface area contributed by atoms with E-state index in [1.165, 1.54) is 11.3 Å². The van der Waals surface area contributed by atoms with E-state index in [2.05, 4.69) is 15.2 Å². The standard InChI is InChI=1S/C10H8N4OS/c1-6-8(4-15)14-9(5-16-10(14)12-6)7-2-3-11-13-7/h2-5H,1H3,(H,11,13). The van der Waals surface area contributed by atoms with Crippen LogP contribution in [-0.4, -0.2) is 25.9 Å². The molecular formula is C10H8N4OS. The first-order valence-electron chi connectivity index (χ1n) is 4.72. The molecule has 0 unspecified atom stereocenters. The van der Waals surface area contributed by atoms with E-state index < -0.39 is 0 Å². The molecule has 0 saturated heterocycles. The maximum atomic E-state index is 11.0. The first-order valence-corrected chi connectivity index (χ1v) is 5.60. The number of carbonyl (C=O) groups is 1. The number of nitrogens with one attached hydrogen (secondary N) is 1. The lowest BCUT2D eigenvalue weighted by molar-refractivity contribution is 0.111. The van der Waals surface area contributed by atoms with Crippen LogP contribution >= 0.6 is 11.3 Å². The van der Waals surface area contributed by atoms with Gasteiger partial charge in [0.1, 0.15) is 5.69 Å². The Morgan fingerprint density at radius 2 is 2.44 bits per heavy atom. The molecular weight excluding hydrogens is 224 g/mol. The van der Waals surface area contributed by atoms with Gasteiger partial charge in [0.05, 0.1) is 17.1 Å². The van der Waals surface area contributed by atoms with Crippen LogP contribution in [-0.2, 0) is 0 Å². The number of imidazole rings is 1. The average molecular weight is 232 g/mol. The smallest absolute Gasteiger partial charge is 0.195 e. The first kappa shape index (κ1) is 9.29. The van der Waals surface area contributed by atoms with Gasteiger partial charge in [-0.3, -0.25) is 14.3 Å². The number of carbonyl (C=O) groups excluding carboxylic acids is 1. The van der Waals surface area contributed by atoms with Crippen molar-refractivity contribution in [1.29, 1.82) is 0 Å². The van der Waals surface area contributed by atoms with Crippen molar-refractivity contribution < 1.29 is 4.79 Å². The summed E-state index contributed by atoms with van der Waals surface area (Å²) < 4.78 is 1.85. The summed E-state index contributed by atoms with van der Waals surface area (Å²) in [5.41, 5.74) is 3.15. The summed E-state index contributed by atoms with van der Waals surface area (Å²) in [6.45, 7) is 1.83. The maximum absolute atomic E-state index is 11.0. The lowest BCUT2D eigenvalue weighted by atomic mass is 10.3. The van der Waals surface area contributed by atoms with Crippen LogP contribution in [0.3, 0.4) is 0 Å². The second-order valence-corrected chi connectivity index (χ2v) is 4.25. The van der Waals surface area contributed by atoms with Crippen molar-refractivity contribution in [2.45, 2.75) is 6.92 Å². The van der Waals surface area contributed by atoms with Crippen LogP contribution in [0.25, 0.3) is 16.3 Å². The van der Waals surface area contributed by atoms with Crippen molar-refractivity contribution in [3.8, 4) is 11.4 Å². The van der Waals surface area contributed by atoms with Crippen molar-refractivity contribution in [3.05, 3.63) is 29.0 Å². The van der Waals surface area contributed by atoms with Crippen LogP contribution in [0.2, 0.25) is 0 Å². The van der Waals surface area contributed by atoms with Gasteiger partial charge in [-0.15, -0.1) is 11.3 Å². The molecule has 0 amide bonds. The van der Waals surface area contributed by atoms with Gasteiger partial charge in [0.25, 0.3) is 0 Å². The van der Waals surface area contributed by atoms with Gasteiger partial charge >= 0.3 is 0 Å². The normalized spacial score (nSPS) is 11.1. The minimum absolute atomic E-state index is 0.598. The molecule has 3 heterocycles. The molecule has 0 fully saturated rings. The number of aromatic nitrogens is 4.